The van der Waals surface area contributed by atoms with Gasteiger partial charge in [-0.3, -0.25) is 4.79 Å². The summed E-state index contributed by atoms with van der Waals surface area (Å²) >= 11 is 12.0. The lowest BCUT2D eigenvalue weighted by Crippen LogP contribution is -2.41. The third-order valence-electron chi connectivity index (χ3n) is 3.38. The zero-order chi connectivity index (χ0) is 16.2. The number of carbonyl (C=O) groups is 1. The topological polar surface area (TPSA) is 67.4 Å². The van der Waals surface area contributed by atoms with Crippen molar-refractivity contribution in [3.63, 3.8) is 0 Å². The lowest BCUT2D eigenvalue weighted by Gasteiger charge is -2.26. The van der Waals surface area contributed by atoms with E-state index in [1.807, 2.05) is 0 Å². The first-order chi connectivity index (χ1) is 11.1. The second-order valence-electron chi connectivity index (χ2n) is 4.94. The lowest BCUT2D eigenvalue weighted by atomic mass is 10.3. The van der Waals surface area contributed by atoms with E-state index in [9.17, 15) is 4.79 Å². The molecule has 2 heterocycles. The average Bonchev–Trinajstić information content (AvgIpc) is 2.58. The highest BCUT2D eigenvalue weighted by molar-refractivity contribution is 6.36. The molecular formula is C15H14Cl2N4O2. The largest absolute Gasteiger partial charge is 0.378 e. The standard InChI is InChI=1S/C15H14Cl2N4O2/c16-10-1-2-12(11(17)7-10)20-14-8-13(18-9-19-14)15(22)21-3-5-23-6-4-21/h1-2,7-9H,3-6H2,(H,18,19,20). The predicted molar refractivity (Wildman–Crippen MR) is 88.5 cm³/mol. The van der Waals surface area contributed by atoms with Gasteiger partial charge in [0, 0.05) is 24.2 Å². The van der Waals surface area contributed by atoms with Crippen molar-refractivity contribution in [1.29, 1.82) is 0 Å². The fraction of sp³-hybridized carbons (Fsp3) is 0.267. The zero-order valence-electron chi connectivity index (χ0n) is 12.1. The number of anilines is 2. The van der Waals surface area contributed by atoms with Crippen molar-refractivity contribution in [2.45, 2.75) is 0 Å². The van der Waals surface area contributed by atoms with Crippen LogP contribution < -0.4 is 5.32 Å². The summed E-state index contributed by atoms with van der Waals surface area (Å²) in [4.78, 5) is 22.3. The van der Waals surface area contributed by atoms with Gasteiger partial charge in [0.25, 0.3) is 5.91 Å². The molecule has 0 aliphatic carbocycles. The fourth-order valence-electron chi connectivity index (χ4n) is 2.20. The van der Waals surface area contributed by atoms with Gasteiger partial charge in [-0.15, -0.1) is 0 Å². The van der Waals surface area contributed by atoms with Gasteiger partial charge in [-0.2, -0.15) is 0 Å². The summed E-state index contributed by atoms with van der Waals surface area (Å²) in [6, 6.07) is 6.70. The van der Waals surface area contributed by atoms with E-state index in [4.69, 9.17) is 27.9 Å². The average molecular weight is 353 g/mol. The molecule has 0 spiro atoms. The number of halogens is 2. The normalized spacial score (nSPS) is 14.6. The third-order valence-corrected chi connectivity index (χ3v) is 3.93. The third kappa shape index (κ3) is 3.90. The number of amides is 1. The van der Waals surface area contributed by atoms with Crippen molar-refractivity contribution >= 4 is 40.6 Å². The molecule has 1 aromatic carbocycles. The van der Waals surface area contributed by atoms with E-state index >= 15 is 0 Å². The molecule has 1 amide bonds. The summed E-state index contributed by atoms with van der Waals surface area (Å²) in [6.07, 6.45) is 1.35. The molecule has 0 unspecified atom stereocenters. The molecule has 0 saturated carbocycles. The SMILES string of the molecule is O=C(c1cc(Nc2ccc(Cl)cc2Cl)ncn1)N1CCOCC1. The highest BCUT2D eigenvalue weighted by Gasteiger charge is 2.20. The quantitative estimate of drug-likeness (QED) is 0.919. The molecule has 1 aliphatic rings. The molecule has 0 radical (unpaired) electrons. The summed E-state index contributed by atoms with van der Waals surface area (Å²) < 4.78 is 5.25. The number of benzene rings is 1. The van der Waals surface area contributed by atoms with E-state index < -0.39 is 0 Å². The maximum atomic E-state index is 12.4. The highest BCUT2D eigenvalue weighted by atomic mass is 35.5. The molecular weight excluding hydrogens is 339 g/mol. The molecule has 120 valence electrons. The Balaban J connectivity index is 1.78. The van der Waals surface area contributed by atoms with Gasteiger partial charge in [-0.05, 0) is 18.2 Å². The van der Waals surface area contributed by atoms with Gasteiger partial charge in [0.15, 0.2) is 0 Å². The second kappa shape index (κ2) is 7.12. The van der Waals surface area contributed by atoms with Crippen molar-refractivity contribution in [2.24, 2.45) is 0 Å². The van der Waals surface area contributed by atoms with Crippen LogP contribution in [0.2, 0.25) is 10.0 Å². The smallest absolute Gasteiger partial charge is 0.272 e. The number of nitrogens with zero attached hydrogens (tertiary/aromatic N) is 3. The van der Waals surface area contributed by atoms with Crippen LogP contribution in [0.15, 0.2) is 30.6 Å². The maximum absolute atomic E-state index is 12.4. The first-order valence-electron chi connectivity index (χ1n) is 7.04. The molecule has 2 aromatic rings. The Morgan fingerprint density at radius 2 is 1.96 bits per heavy atom. The maximum Gasteiger partial charge on any atom is 0.272 e. The van der Waals surface area contributed by atoms with E-state index in [2.05, 4.69) is 15.3 Å². The second-order valence-corrected chi connectivity index (χ2v) is 5.79. The predicted octanol–water partition coefficient (Wildman–Crippen LogP) is 3.00. The summed E-state index contributed by atoms with van der Waals surface area (Å²) in [5.74, 6) is 0.349. The Morgan fingerprint density at radius 1 is 1.17 bits per heavy atom. The van der Waals surface area contributed by atoms with Crippen LogP contribution in [0.3, 0.4) is 0 Å². The van der Waals surface area contributed by atoms with Crippen molar-refractivity contribution < 1.29 is 9.53 Å². The van der Waals surface area contributed by atoms with Crippen LogP contribution in [0.4, 0.5) is 11.5 Å². The number of rotatable bonds is 3. The fourth-order valence-corrected chi connectivity index (χ4v) is 2.66. The van der Waals surface area contributed by atoms with Crippen LogP contribution in [0.25, 0.3) is 0 Å². The van der Waals surface area contributed by atoms with Crippen LogP contribution in [0.5, 0.6) is 0 Å². The van der Waals surface area contributed by atoms with Gasteiger partial charge in [0.05, 0.1) is 23.9 Å². The lowest BCUT2D eigenvalue weighted by molar-refractivity contribution is 0.0299. The Kier molecular flexibility index (Phi) is 4.95. The van der Waals surface area contributed by atoms with E-state index in [-0.39, 0.29) is 5.91 Å². The summed E-state index contributed by atoms with van der Waals surface area (Å²) in [7, 11) is 0. The van der Waals surface area contributed by atoms with E-state index in [0.717, 1.165) is 0 Å². The number of morpholine rings is 1. The molecule has 0 atom stereocenters. The molecule has 1 aliphatic heterocycles. The minimum absolute atomic E-state index is 0.138. The van der Waals surface area contributed by atoms with Crippen LogP contribution in [-0.2, 0) is 4.74 Å². The van der Waals surface area contributed by atoms with Crippen molar-refractivity contribution in [3.8, 4) is 0 Å². The summed E-state index contributed by atoms with van der Waals surface area (Å²) in [5.41, 5.74) is 0.981. The number of nitrogens with one attached hydrogen (secondary N) is 1. The minimum atomic E-state index is -0.138. The molecule has 1 saturated heterocycles. The summed E-state index contributed by atoms with van der Waals surface area (Å²) in [6.45, 7) is 2.22. The van der Waals surface area contributed by atoms with Crippen LogP contribution >= 0.6 is 23.2 Å². The monoisotopic (exact) mass is 352 g/mol. The minimum Gasteiger partial charge on any atom is -0.378 e. The number of aromatic nitrogens is 2. The van der Waals surface area contributed by atoms with E-state index in [1.165, 1.54) is 6.33 Å². The van der Waals surface area contributed by atoms with Gasteiger partial charge in [0.2, 0.25) is 0 Å². The zero-order valence-corrected chi connectivity index (χ0v) is 13.6. The molecule has 3 rings (SSSR count). The van der Waals surface area contributed by atoms with E-state index in [1.54, 1.807) is 29.2 Å². The number of hydrogen-bond acceptors (Lipinski definition) is 5. The number of ether oxygens (including phenoxy) is 1. The van der Waals surface area contributed by atoms with Crippen molar-refractivity contribution in [1.82, 2.24) is 14.9 Å². The Labute approximate surface area is 143 Å². The first kappa shape index (κ1) is 16.0. The number of hydrogen-bond donors (Lipinski definition) is 1. The van der Waals surface area contributed by atoms with Crippen LogP contribution in [-0.4, -0.2) is 47.1 Å². The van der Waals surface area contributed by atoms with Gasteiger partial charge in [-0.25, -0.2) is 9.97 Å². The summed E-state index contributed by atoms with van der Waals surface area (Å²) in [5, 5.41) is 4.08. The van der Waals surface area contributed by atoms with Gasteiger partial charge in [-0.1, -0.05) is 23.2 Å². The molecule has 0 bridgehead atoms. The first-order valence-corrected chi connectivity index (χ1v) is 7.80. The Morgan fingerprint density at radius 3 is 2.70 bits per heavy atom. The molecule has 1 aromatic heterocycles. The van der Waals surface area contributed by atoms with Crippen molar-refractivity contribution in [2.75, 3.05) is 31.6 Å². The number of carbonyl (C=O) groups excluding carboxylic acids is 1. The van der Waals surface area contributed by atoms with E-state index in [0.29, 0.717) is 53.5 Å². The molecule has 1 fully saturated rings. The van der Waals surface area contributed by atoms with Gasteiger partial charge >= 0.3 is 0 Å². The van der Waals surface area contributed by atoms with Crippen molar-refractivity contribution in [3.05, 3.63) is 46.3 Å². The Hall–Kier alpha value is -1.89. The molecule has 23 heavy (non-hydrogen) atoms. The van der Waals surface area contributed by atoms with Gasteiger partial charge < -0.3 is 15.0 Å². The molecule has 1 N–H and O–H groups in total. The molecule has 8 heteroatoms. The van der Waals surface area contributed by atoms with Crippen LogP contribution in [0.1, 0.15) is 10.5 Å². The van der Waals surface area contributed by atoms with Crippen LogP contribution in [0, 0.1) is 0 Å². The molecule has 6 nitrogen and oxygen atoms in total. The Bertz CT molecular complexity index is 720. The highest BCUT2D eigenvalue weighted by Crippen LogP contribution is 2.27. The van der Waals surface area contributed by atoms with Gasteiger partial charge in [0.1, 0.15) is 17.8 Å².